The van der Waals surface area contributed by atoms with Crippen LogP contribution in [0.2, 0.25) is 0 Å². The lowest BCUT2D eigenvalue weighted by atomic mass is 10.1. The fraction of sp³-hybridized carbons (Fsp3) is 0.227. The van der Waals surface area contributed by atoms with E-state index in [0.717, 1.165) is 16.0 Å². The van der Waals surface area contributed by atoms with Gasteiger partial charge in [-0.15, -0.1) is 11.3 Å². The van der Waals surface area contributed by atoms with Gasteiger partial charge in [-0.25, -0.2) is 4.79 Å². The molecule has 3 N–H and O–H groups in total. The predicted octanol–water partition coefficient (Wildman–Crippen LogP) is 3.64. The highest BCUT2D eigenvalue weighted by molar-refractivity contribution is 7.10. The number of anilines is 1. The number of rotatable bonds is 7. The van der Waals surface area contributed by atoms with Crippen LogP contribution in [0.5, 0.6) is 5.75 Å². The van der Waals surface area contributed by atoms with Crippen molar-refractivity contribution < 1.29 is 19.4 Å². The topological polar surface area (TPSA) is 110 Å². The van der Waals surface area contributed by atoms with Crippen LogP contribution < -0.4 is 16.2 Å². The van der Waals surface area contributed by atoms with Crippen molar-refractivity contribution >= 4 is 29.0 Å². The van der Waals surface area contributed by atoms with Gasteiger partial charge in [0.25, 0.3) is 5.56 Å². The molecule has 0 saturated heterocycles. The van der Waals surface area contributed by atoms with Crippen molar-refractivity contribution in [2.75, 3.05) is 11.9 Å². The highest BCUT2D eigenvalue weighted by Crippen LogP contribution is 2.31. The summed E-state index contributed by atoms with van der Waals surface area (Å²) in [5.74, 6) is -0.802. The van der Waals surface area contributed by atoms with Crippen molar-refractivity contribution in [1.82, 2.24) is 9.88 Å². The van der Waals surface area contributed by atoms with Crippen LogP contribution in [0.3, 0.4) is 0 Å². The van der Waals surface area contributed by atoms with Crippen molar-refractivity contribution in [3.05, 3.63) is 69.3 Å². The molecule has 0 radical (unpaired) electrons. The van der Waals surface area contributed by atoms with Gasteiger partial charge in [-0.1, -0.05) is 30.3 Å². The van der Waals surface area contributed by atoms with E-state index >= 15 is 0 Å². The van der Waals surface area contributed by atoms with E-state index in [9.17, 15) is 19.5 Å². The number of urea groups is 1. The number of carbonyl (C=O) groups excluding carboxylic acids is 2. The molecule has 2 amide bonds. The number of benzene rings is 1. The summed E-state index contributed by atoms with van der Waals surface area (Å²) in [5, 5.41) is 17.0. The number of hydrogen-bond donors (Lipinski definition) is 3. The summed E-state index contributed by atoms with van der Waals surface area (Å²) < 4.78 is 6.27. The minimum Gasteiger partial charge on any atom is -0.505 e. The van der Waals surface area contributed by atoms with Gasteiger partial charge in [-0.2, -0.15) is 0 Å². The van der Waals surface area contributed by atoms with E-state index in [2.05, 4.69) is 10.6 Å². The lowest BCUT2D eigenvalue weighted by molar-refractivity contribution is -0.143. The summed E-state index contributed by atoms with van der Waals surface area (Å²) in [6, 6.07) is 11.6. The van der Waals surface area contributed by atoms with Gasteiger partial charge < -0.3 is 25.0 Å². The van der Waals surface area contributed by atoms with Crippen molar-refractivity contribution in [2.24, 2.45) is 7.05 Å². The smallest absolute Gasteiger partial charge is 0.320 e. The SMILES string of the molecule is CCOC(=O)C[C@H](NC(=O)Nc1c(O)ccn(C)c1=O)c1cc(-c2ccccc2)cs1. The molecule has 31 heavy (non-hydrogen) atoms. The van der Waals surface area contributed by atoms with Crippen molar-refractivity contribution in [3.8, 4) is 16.9 Å². The predicted molar refractivity (Wildman–Crippen MR) is 119 cm³/mol. The number of carbonyl (C=O) groups is 2. The zero-order valence-electron chi connectivity index (χ0n) is 17.1. The summed E-state index contributed by atoms with van der Waals surface area (Å²) in [7, 11) is 1.51. The van der Waals surface area contributed by atoms with E-state index in [0.29, 0.717) is 0 Å². The molecule has 2 aromatic heterocycles. The minimum atomic E-state index is -0.720. The van der Waals surface area contributed by atoms with Crippen molar-refractivity contribution in [2.45, 2.75) is 19.4 Å². The molecule has 1 atom stereocenters. The second-order valence-electron chi connectivity index (χ2n) is 6.76. The van der Waals surface area contributed by atoms with E-state index < -0.39 is 23.6 Å². The zero-order chi connectivity index (χ0) is 22.4. The van der Waals surface area contributed by atoms with E-state index in [-0.39, 0.29) is 24.5 Å². The molecule has 162 valence electrons. The quantitative estimate of drug-likeness (QED) is 0.485. The number of amides is 2. The Balaban J connectivity index is 1.82. The Morgan fingerprint density at radius 3 is 2.65 bits per heavy atom. The number of nitrogens with one attached hydrogen (secondary N) is 2. The maximum absolute atomic E-state index is 12.6. The third-order valence-electron chi connectivity index (χ3n) is 4.54. The van der Waals surface area contributed by atoms with Gasteiger partial charge in [0.2, 0.25) is 0 Å². The average Bonchev–Trinajstić information content (AvgIpc) is 3.25. The van der Waals surface area contributed by atoms with E-state index in [1.807, 2.05) is 41.8 Å². The van der Waals surface area contributed by atoms with Crippen molar-refractivity contribution in [1.29, 1.82) is 0 Å². The molecule has 2 heterocycles. The van der Waals surface area contributed by atoms with Crippen LogP contribution in [0.25, 0.3) is 11.1 Å². The molecule has 1 aromatic carbocycles. The molecular formula is C22H23N3O5S. The molecule has 0 aliphatic heterocycles. The molecule has 0 spiro atoms. The third-order valence-corrected chi connectivity index (χ3v) is 5.58. The van der Waals surface area contributed by atoms with E-state index in [4.69, 9.17) is 4.74 Å². The second-order valence-corrected chi connectivity index (χ2v) is 7.70. The summed E-state index contributed by atoms with van der Waals surface area (Å²) in [6.45, 7) is 1.94. The first-order valence-corrected chi connectivity index (χ1v) is 10.5. The monoisotopic (exact) mass is 441 g/mol. The highest BCUT2D eigenvalue weighted by atomic mass is 32.1. The molecule has 0 bridgehead atoms. The lowest BCUT2D eigenvalue weighted by Crippen LogP contribution is -2.35. The van der Waals surface area contributed by atoms with Gasteiger partial charge in [0.05, 0.1) is 19.1 Å². The maximum Gasteiger partial charge on any atom is 0.320 e. The summed E-state index contributed by atoms with van der Waals surface area (Å²) >= 11 is 1.40. The van der Waals surface area contributed by atoms with Gasteiger partial charge in [0, 0.05) is 18.1 Å². The molecule has 0 unspecified atom stereocenters. The first-order chi connectivity index (χ1) is 14.9. The standard InChI is InChI=1S/C22H23N3O5S/c1-3-30-19(27)12-16(18-11-15(13-31-18)14-7-5-4-6-8-14)23-22(29)24-20-17(26)9-10-25(2)21(20)28/h4-11,13,16,26H,3,12H2,1-2H3,(H2,23,24,29)/t16-/m0/s1. The number of esters is 1. The van der Waals surface area contributed by atoms with Crippen LogP contribution in [0.1, 0.15) is 24.3 Å². The number of aryl methyl sites for hydroxylation is 1. The summed E-state index contributed by atoms with van der Waals surface area (Å²) in [6.07, 6.45) is 1.32. The van der Waals surface area contributed by atoms with E-state index in [1.165, 1.54) is 35.2 Å². The molecule has 3 aromatic rings. The molecule has 0 aliphatic carbocycles. The Kier molecular flexibility index (Phi) is 7.09. The van der Waals surface area contributed by atoms with Crippen LogP contribution in [-0.4, -0.2) is 28.3 Å². The first-order valence-electron chi connectivity index (χ1n) is 9.64. The second kappa shape index (κ2) is 9.94. The Morgan fingerprint density at radius 2 is 1.94 bits per heavy atom. The number of hydrogen-bond acceptors (Lipinski definition) is 6. The molecule has 8 nitrogen and oxygen atoms in total. The van der Waals surface area contributed by atoms with Crippen LogP contribution in [-0.2, 0) is 16.6 Å². The maximum atomic E-state index is 12.6. The van der Waals surface area contributed by atoms with Crippen LogP contribution >= 0.6 is 11.3 Å². The van der Waals surface area contributed by atoms with Gasteiger partial charge in [0.15, 0.2) is 5.69 Å². The number of thiophene rings is 1. The number of pyridine rings is 1. The van der Waals surface area contributed by atoms with Gasteiger partial charge in [-0.3, -0.25) is 9.59 Å². The fourth-order valence-electron chi connectivity index (χ4n) is 2.97. The number of aromatic hydroxyl groups is 1. The molecule has 9 heteroatoms. The number of aromatic nitrogens is 1. The molecule has 0 saturated carbocycles. The molecule has 0 aliphatic rings. The lowest BCUT2D eigenvalue weighted by Gasteiger charge is -2.17. The molecular weight excluding hydrogens is 418 g/mol. The highest BCUT2D eigenvalue weighted by Gasteiger charge is 2.22. The Bertz CT molecular complexity index is 1120. The minimum absolute atomic E-state index is 0.0746. The number of nitrogens with zero attached hydrogens (tertiary/aromatic N) is 1. The molecule has 3 rings (SSSR count). The first kappa shape index (κ1) is 22.1. The Morgan fingerprint density at radius 1 is 1.19 bits per heavy atom. The number of ether oxygens (including phenoxy) is 1. The normalized spacial score (nSPS) is 11.5. The molecule has 0 fully saturated rings. The average molecular weight is 442 g/mol. The van der Waals surface area contributed by atoms with Crippen LogP contribution in [0.4, 0.5) is 10.5 Å². The van der Waals surface area contributed by atoms with Crippen LogP contribution in [0, 0.1) is 0 Å². The third kappa shape index (κ3) is 5.52. The zero-order valence-corrected chi connectivity index (χ0v) is 17.9. The Labute approximate surface area is 183 Å². The summed E-state index contributed by atoms with van der Waals surface area (Å²) in [4.78, 5) is 37.7. The largest absolute Gasteiger partial charge is 0.505 e. The van der Waals surface area contributed by atoms with Gasteiger partial charge in [0.1, 0.15) is 5.75 Å². The van der Waals surface area contributed by atoms with E-state index in [1.54, 1.807) is 6.92 Å². The Hall–Kier alpha value is -3.59. The van der Waals surface area contributed by atoms with Gasteiger partial charge >= 0.3 is 12.0 Å². The van der Waals surface area contributed by atoms with Crippen LogP contribution in [0.15, 0.2) is 58.8 Å². The van der Waals surface area contributed by atoms with Gasteiger partial charge in [-0.05, 0) is 35.6 Å². The summed E-state index contributed by atoms with van der Waals surface area (Å²) in [5.41, 5.74) is 1.18. The van der Waals surface area contributed by atoms with Crippen molar-refractivity contribution in [3.63, 3.8) is 0 Å². The fourth-order valence-corrected chi connectivity index (χ4v) is 3.94.